The lowest BCUT2D eigenvalue weighted by atomic mass is 9.83. The summed E-state index contributed by atoms with van der Waals surface area (Å²) < 4.78 is 0. The fourth-order valence-corrected chi connectivity index (χ4v) is 4.97. The highest BCUT2D eigenvalue weighted by Gasteiger charge is 2.40. The molecule has 0 spiro atoms. The SMILES string of the molecule is CC(=O)N[C@H]1CC[C@H](c2cnc(N3C4CCC3CN(C)C4)nc2)CC1. The minimum atomic E-state index is 0.0814. The number of aromatic nitrogens is 2. The number of rotatable bonds is 3. The van der Waals surface area contributed by atoms with E-state index in [9.17, 15) is 4.79 Å². The normalized spacial score (nSPS) is 32.6. The Morgan fingerprint density at radius 1 is 1.04 bits per heavy atom. The first-order valence-electron chi connectivity index (χ1n) is 9.66. The van der Waals surface area contributed by atoms with Gasteiger partial charge in [0.25, 0.3) is 0 Å². The van der Waals surface area contributed by atoms with E-state index in [-0.39, 0.29) is 5.91 Å². The molecule has 6 heteroatoms. The minimum absolute atomic E-state index is 0.0814. The fraction of sp³-hybridized carbons (Fsp3) is 0.737. The lowest BCUT2D eigenvalue weighted by molar-refractivity contribution is -0.119. The Bertz CT molecular complexity index is 597. The Hall–Kier alpha value is -1.69. The first-order valence-corrected chi connectivity index (χ1v) is 9.66. The predicted molar refractivity (Wildman–Crippen MR) is 97.6 cm³/mol. The highest BCUT2D eigenvalue weighted by Crippen LogP contribution is 2.35. The third-order valence-corrected chi connectivity index (χ3v) is 6.16. The van der Waals surface area contributed by atoms with E-state index in [1.54, 1.807) is 6.92 Å². The van der Waals surface area contributed by atoms with E-state index in [0.717, 1.165) is 44.7 Å². The molecule has 1 aromatic heterocycles. The Morgan fingerprint density at radius 3 is 2.20 bits per heavy atom. The molecule has 3 heterocycles. The summed E-state index contributed by atoms with van der Waals surface area (Å²) in [5, 5.41) is 3.05. The average Bonchev–Trinajstić information content (AvgIpc) is 2.87. The van der Waals surface area contributed by atoms with Gasteiger partial charge in [0.05, 0.1) is 0 Å². The van der Waals surface area contributed by atoms with E-state index in [1.807, 2.05) is 12.4 Å². The van der Waals surface area contributed by atoms with Crippen LogP contribution in [0.5, 0.6) is 0 Å². The highest BCUT2D eigenvalue weighted by molar-refractivity contribution is 5.73. The lowest BCUT2D eigenvalue weighted by Gasteiger charge is -2.39. The van der Waals surface area contributed by atoms with Gasteiger partial charge in [0.2, 0.25) is 11.9 Å². The third-order valence-electron chi connectivity index (χ3n) is 6.16. The van der Waals surface area contributed by atoms with Crippen LogP contribution in [0.4, 0.5) is 5.95 Å². The largest absolute Gasteiger partial charge is 0.354 e. The molecule has 2 aliphatic heterocycles. The van der Waals surface area contributed by atoms with Crippen LogP contribution in [0.2, 0.25) is 0 Å². The van der Waals surface area contributed by atoms with Gasteiger partial charge in [-0.2, -0.15) is 0 Å². The number of hydrogen-bond donors (Lipinski definition) is 1. The van der Waals surface area contributed by atoms with Crippen LogP contribution in [-0.2, 0) is 4.79 Å². The van der Waals surface area contributed by atoms with Crippen molar-refractivity contribution in [3.63, 3.8) is 0 Å². The van der Waals surface area contributed by atoms with Crippen LogP contribution in [0.25, 0.3) is 0 Å². The Kier molecular flexibility index (Phi) is 4.63. The van der Waals surface area contributed by atoms with E-state index in [0.29, 0.717) is 24.0 Å². The molecule has 1 N–H and O–H groups in total. The van der Waals surface area contributed by atoms with Gasteiger partial charge in [0, 0.05) is 50.5 Å². The highest BCUT2D eigenvalue weighted by atomic mass is 16.1. The second kappa shape index (κ2) is 6.90. The molecular weight excluding hydrogens is 314 g/mol. The molecule has 2 unspecified atom stereocenters. The zero-order chi connectivity index (χ0) is 17.4. The molecule has 1 aliphatic carbocycles. The molecule has 1 amide bonds. The maximum atomic E-state index is 11.2. The summed E-state index contributed by atoms with van der Waals surface area (Å²) in [6.07, 6.45) is 10.9. The van der Waals surface area contributed by atoms with E-state index in [2.05, 4.69) is 22.2 Å². The topological polar surface area (TPSA) is 61.4 Å². The number of nitrogens with zero attached hydrogens (tertiary/aromatic N) is 4. The van der Waals surface area contributed by atoms with Gasteiger partial charge in [-0.1, -0.05) is 0 Å². The summed E-state index contributed by atoms with van der Waals surface area (Å²) in [6, 6.07) is 1.49. The first kappa shape index (κ1) is 16.8. The molecule has 1 saturated carbocycles. The van der Waals surface area contributed by atoms with Crippen molar-refractivity contribution in [3.05, 3.63) is 18.0 Å². The standard InChI is InChI=1S/C19H29N5O/c1-13(25)22-16-5-3-14(4-6-16)15-9-20-19(21-10-15)24-17-7-8-18(24)12-23(2)11-17/h9-10,14,16-18H,3-8,11-12H2,1-2H3,(H,22,25)/t14-,16-,17?,18?. The zero-order valence-corrected chi connectivity index (χ0v) is 15.3. The number of nitrogens with one attached hydrogen (secondary N) is 1. The number of likely N-dealkylation sites (tertiary alicyclic amines) is 1. The zero-order valence-electron chi connectivity index (χ0n) is 15.3. The van der Waals surface area contributed by atoms with Crippen molar-refractivity contribution in [1.82, 2.24) is 20.2 Å². The molecule has 0 aromatic carbocycles. The monoisotopic (exact) mass is 343 g/mol. The molecule has 3 aliphatic rings. The number of carbonyl (C=O) groups is 1. The molecule has 25 heavy (non-hydrogen) atoms. The number of piperazine rings is 1. The van der Waals surface area contributed by atoms with E-state index < -0.39 is 0 Å². The van der Waals surface area contributed by atoms with Gasteiger partial charge in [0.15, 0.2) is 0 Å². The van der Waals surface area contributed by atoms with Gasteiger partial charge in [-0.25, -0.2) is 9.97 Å². The van der Waals surface area contributed by atoms with Gasteiger partial charge >= 0.3 is 0 Å². The third kappa shape index (κ3) is 3.50. The van der Waals surface area contributed by atoms with Crippen LogP contribution in [0.3, 0.4) is 0 Å². The maximum Gasteiger partial charge on any atom is 0.225 e. The summed E-state index contributed by atoms with van der Waals surface area (Å²) in [4.78, 5) is 25.6. The van der Waals surface area contributed by atoms with Crippen LogP contribution >= 0.6 is 0 Å². The van der Waals surface area contributed by atoms with Crippen molar-refractivity contribution in [3.8, 4) is 0 Å². The minimum Gasteiger partial charge on any atom is -0.354 e. The molecule has 2 atom stereocenters. The van der Waals surface area contributed by atoms with E-state index in [4.69, 9.17) is 9.97 Å². The lowest BCUT2D eigenvalue weighted by Crippen LogP contribution is -2.53. The molecule has 2 bridgehead atoms. The van der Waals surface area contributed by atoms with Crippen LogP contribution in [0.15, 0.2) is 12.4 Å². The summed E-state index contributed by atoms with van der Waals surface area (Å²) in [6.45, 7) is 3.84. The van der Waals surface area contributed by atoms with Crippen LogP contribution in [-0.4, -0.2) is 59.0 Å². The number of fused-ring (bicyclic) bond motifs is 2. The predicted octanol–water partition coefficient (Wildman–Crippen LogP) is 1.92. The summed E-state index contributed by atoms with van der Waals surface area (Å²) in [5.74, 6) is 1.53. The average molecular weight is 343 g/mol. The van der Waals surface area contributed by atoms with E-state index in [1.165, 1.54) is 18.4 Å². The number of carbonyl (C=O) groups excluding carboxylic acids is 1. The van der Waals surface area contributed by atoms with Crippen LogP contribution in [0.1, 0.15) is 56.9 Å². The van der Waals surface area contributed by atoms with Crippen LogP contribution < -0.4 is 10.2 Å². The molecule has 4 rings (SSSR count). The maximum absolute atomic E-state index is 11.2. The summed E-state index contributed by atoms with van der Waals surface area (Å²) in [7, 11) is 2.21. The van der Waals surface area contributed by atoms with Gasteiger partial charge in [-0.15, -0.1) is 0 Å². The molecule has 2 saturated heterocycles. The number of anilines is 1. The van der Waals surface area contributed by atoms with E-state index >= 15 is 0 Å². The van der Waals surface area contributed by atoms with Gasteiger partial charge in [-0.3, -0.25) is 4.79 Å². The number of hydrogen-bond acceptors (Lipinski definition) is 5. The van der Waals surface area contributed by atoms with Gasteiger partial charge < -0.3 is 15.1 Å². The van der Waals surface area contributed by atoms with Crippen molar-refractivity contribution in [1.29, 1.82) is 0 Å². The quantitative estimate of drug-likeness (QED) is 0.908. The summed E-state index contributed by atoms with van der Waals surface area (Å²) in [5.41, 5.74) is 1.26. The van der Waals surface area contributed by atoms with Gasteiger partial charge in [0.1, 0.15) is 0 Å². The Morgan fingerprint density at radius 2 is 1.64 bits per heavy atom. The molecular formula is C19H29N5O. The van der Waals surface area contributed by atoms with Crippen LogP contribution in [0, 0.1) is 0 Å². The molecule has 0 radical (unpaired) electrons. The fourth-order valence-electron chi connectivity index (χ4n) is 4.97. The number of likely N-dealkylation sites (N-methyl/N-ethyl adjacent to an activating group) is 1. The molecule has 136 valence electrons. The van der Waals surface area contributed by atoms with Gasteiger partial charge in [-0.05, 0) is 57.1 Å². The molecule has 3 fully saturated rings. The second-order valence-corrected chi connectivity index (χ2v) is 8.08. The Balaban J connectivity index is 1.39. The van der Waals surface area contributed by atoms with Crippen molar-refractivity contribution < 1.29 is 4.79 Å². The number of amides is 1. The molecule has 1 aromatic rings. The van der Waals surface area contributed by atoms with Crippen molar-refractivity contribution in [2.24, 2.45) is 0 Å². The second-order valence-electron chi connectivity index (χ2n) is 8.08. The van der Waals surface area contributed by atoms with Crippen molar-refractivity contribution in [2.45, 2.75) is 69.5 Å². The smallest absolute Gasteiger partial charge is 0.225 e. The Labute approximate surface area is 150 Å². The first-order chi connectivity index (χ1) is 12.1. The van der Waals surface area contributed by atoms with Crippen molar-refractivity contribution >= 4 is 11.9 Å². The molecule has 6 nitrogen and oxygen atoms in total. The summed E-state index contributed by atoms with van der Waals surface area (Å²) >= 11 is 0. The van der Waals surface area contributed by atoms with Crippen molar-refractivity contribution in [2.75, 3.05) is 25.0 Å².